The van der Waals surface area contributed by atoms with Crippen molar-refractivity contribution in [3.8, 4) is 6.07 Å². The van der Waals surface area contributed by atoms with Gasteiger partial charge in [-0.2, -0.15) is 5.26 Å². The topological polar surface area (TPSA) is 110 Å². The van der Waals surface area contributed by atoms with Crippen LogP contribution in [0.5, 0.6) is 0 Å². The minimum absolute atomic E-state index is 0.0700. The van der Waals surface area contributed by atoms with E-state index in [4.69, 9.17) is 16.7 Å². The zero-order valence-electron chi connectivity index (χ0n) is 14.6. The highest BCUT2D eigenvalue weighted by Crippen LogP contribution is 2.27. The van der Waals surface area contributed by atoms with E-state index in [1.807, 2.05) is 47.2 Å². The first-order valence-corrected chi connectivity index (χ1v) is 8.34. The number of fused-ring (bicyclic) bond motifs is 1. The van der Waals surface area contributed by atoms with Gasteiger partial charge in [0, 0.05) is 18.1 Å². The number of hydrogen-bond donors (Lipinski definition) is 3. The molecule has 134 valence electrons. The molecule has 0 bridgehead atoms. The van der Waals surface area contributed by atoms with Gasteiger partial charge in [-0.25, -0.2) is 0 Å². The maximum atomic E-state index is 12.3. The largest absolute Gasteiger partial charge is 0.405 e. The molecule has 0 spiro atoms. The third-order valence-corrected chi connectivity index (χ3v) is 4.12. The lowest BCUT2D eigenvalue weighted by molar-refractivity contribution is -0.112. The van der Waals surface area contributed by atoms with Gasteiger partial charge in [0.25, 0.3) is 5.91 Å². The molecular formula is C21H19N5O. The molecule has 0 saturated heterocycles. The maximum Gasteiger partial charge on any atom is 0.271 e. The van der Waals surface area contributed by atoms with E-state index in [1.165, 1.54) is 18.4 Å². The average Bonchev–Trinajstić information content (AvgIpc) is 3.04. The monoisotopic (exact) mass is 357 g/mol. The van der Waals surface area contributed by atoms with E-state index in [1.54, 1.807) is 12.1 Å². The van der Waals surface area contributed by atoms with Gasteiger partial charge in [-0.15, -0.1) is 0 Å². The van der Waals surface area contributed by atoms with Crippen LogP contribution in [0.3, 0.4) is 0 Å². The number of para-hydroxylation sites is 1. The molecule has 6 nitrogen and oxygen atoms in total. The van der Waals surface area contributed by atoms with Crippen LogP contribution in [0.2, 0.25) is 0 Å². The predicted octanol–water partition coefficient (Wildman–Crippen LogP) is 2.81. The average molecular weight is 357 g/mol. The molecule has 1 amide bonds. The Morgan fingerprint density at radius 3 is 2.63 bits per heavy atom. The van der Waals surface area contributed by atoms with Crippen molar-refractivity contribution >= 4 is 22.5 Å². The zero-order valence-corrected chi connectivity index (χ0v) is 14.6. The SMILES string of the molecule is N#Cc1ccc(Cn2cc(NC(=O)/C(N)=C/C=C\N)c3ccccc32)cc1. The first kappa shape index (κ1) is 17.8. The standard InChI is InChI=1S/C21H19N5O/c22-11-3-5-18(24)21(27)25-19-14-26(20-6-2-1-4-17(19)20)13-16-9-7-15(12-23)8-10-16/h1-11,14H,13,22,24H2,(H,25,27)/b11-3-,18-5-. The normalized spacial score (nSPS) is 11.6. The molecular weight excluding hydrogens is 338 g/mol. The summed E-state index contributed by atoms with van der Waals surface area (Å²) in [6.45, 7) is 0.614. The summed E-state index contributed by atoms with van der Waals surface area (Å²) in [5.74, 6) is -0.394. The van der Waals surface area contributed by atoms with Crippen molar-refractivity contribution in [1.82, 2.24) is 4.57 Å². The minimum atomic E-state index is -0.394. The van der Waals surface area contributed by atoms with Crippen LogP contribution in [-0.4, -0.2) is 10.5 Å². The lowest BCUT2D eigenvalue weighted by atomic mass is 10.1. The number of rotatable bonds is 5. The summed E-state index contributed by atoms with van der Waals surface area (Å²) < 4.78 is 2.05. The molecule has 3 aromatic rings. The van der Waals surface area contributed by atoms with Gasteiger partial charge in [0.15, 0.2) is 0 Å². The summed E-state index contributed by atoms with van der Waals surface area (Å²) in [6.07, 6.45) is 6.14. The molecule has 3 rings (SSSR count). The third kappa shape index (κ3) is 3.99. The van der Waals surface area contributed by atoms with Crippen molar-refractivity contribution < 1.29 is 4.79 Å². The molecule has 0 atom stereocenters. The van der Waals surface area contributed by atoms with Crippen LogP contribution in [0.4, 0.5) is 5.69 Å². The number of allylic oxidation sites excluding steroid dienone is 2. The number of amides is 1. The van der Waals surface area contributed by atoms with Crippen LogP contribution in [0.25, 0.3) is 10.9 Å². The Balaban J connectivity index is 1.91. The van der Waals surface area contributed by atoms with E-state index in [-0.39, 0.29) is 5.70 Å². The van der Waals surface area contributed by atoms with Gasteiger partial charge < -0.3 is 21.4 Å². The van der Waals surface area contributed by atoms with Crippen LogP contribution < -0.4 is 16.8 Å². The Kier molecular flexibility index (Phi) is 5.24. The summed E-state index contributed by atoms with van der Waals surface area (Å²) in [7, 11) is 0. The van der Waals surface area contributed by atoms with Crippen molar-refractivity contribution in [2.75, 3.05) is 5.32 Å². The van der Waals surface area contributed by atoms with Crippen LogP contribution in [0.1, 0.15) is 11.1 Å². The molecule has 0 unspecified atom stereocenters. The molecule has 27 heavy (non-hydrogen) atoms. The number of nitrogens with zero attached hydrogens (tertiary/aromatic N) is 2. The van der Waals surface area contributed by atoms with E-state index >= 15 is 0 Å². The molecule has 2 aromatic carbocycles. The fraction of sp³-hybridized carbons (Fsp3) is 0.0476. The van der Waals surface area contributed by atoms with Gasteiger partial charge in [0.05, 0.1) is 28.5 Å². The molecule has 0 aliphatic carbocycles. The van der Waals surface area contributed by atoms with Gasteiger partial charge in [-0.3, -0.25) is 4.79 Å². The van der Waals surface area contributed by atoms with Gasteiger partial charge in [-0.05, 0) is 42.1 Å². The summed E-state index contributed by atoms with van der Waals surface area (Å²) >= 11 is 0. The summed E-state index contributed by atoms with van der Waals surface area (Å²) in [5.41, 5.74) is 14.4. The molecule has 1 aromatic heterocycles. The van der Waals surface area contributed by atoms with E-state index in [0.717, 1.165) is 16.5 Å². The van der Waals surface area contributed by atoms with Crippen LogP contribution in [-0.2, 0) is 11.3 Å². The van der Waals surface area contributed by atoms with E-state index in [0.29, 0.717) is 17.8 Å². The highest BCUT2D eigenvalue weighted by molar-refractivity contribution is 6.08. The van der Waals surface area contributed by atoms with E-state index in [2.05, 4.69) is 11.4 Å². The second kappa shape index (κ2) is 7.93. The molecule has 0 radical (unpaired) electrons. The van der Waals surface area contributed by atoms with Gasteiger partial charge in [-0.1, -0.05) is 30.3 Å². The number of hydrogen-bond acceptors (Lipinski definition) is 4. The van der Waals surface area contributed by atoms with Crippen molar-refractivity contribution in [3.63, 3.8) is 0 Å². The Labute approximate surface area is 157 Å². The highest BCUT2D eigenvalue weighted by atomic mass is 16.2. The number of nitriles is 1. The second-order valence-corrected chi connectivity index (χ2v) is 5.96. The quantitative estimate of drug-likeness (QED) is 0.482. The number of aromatic nitrogens is 1. The number of carbonyl (C=O) groups is 1. The van der Waals surface area contributed by atoms with Crippen molar-refractivity contribution in [2.45, 2.75) is 6.54 Å². The number of nitrogens with two attached hydrogens (primary N) is 2. The lowest BCUT2D eigenvalue weighted by Crippen LogP contribution is -2.19. The van der Waals surface area contributed by atoms with Crippen molar-refractivity contribution in [3.05, 3.63) is 89.9 Å². The van der Waals surface area contributed by atoms with Crippen molar-refractivity contribution in [2.24, 2.45) is 11.5 Å². The summed E-state index contributed by atoms with van der Waals surface area (Å²) in [5, 5.41) is 12.7. The van der Waals surface area contributed by atoms with Crippen LogP contribution in [0.15, 0.2) is 78.8 Å². The zero-order chi connectivity index (χ0) is 19.2. The number of carbonyl (C=O) groups excluding carboxylic acids is 1. The molecule has 0 fully saturated rings. The third-order valence-electron chi connectivity index (χ3n) is 4.12. The Hall–Kier alpha value is -3.98. The minimum Gasteiger partial charge on any atom is -0.405 e. The number of anilines is 1. The Morgan fingerprint density at radius 2 is 1.93 bits per heavy atom. The van der Waals surface area contributed by atoms with Crippen molar-refractivity contribution in [1.29, 1.82) is 5.26 Å². The number of nitrogens with one attached hydrogen (secondary N) is 1. The Bertz CT molecular complexity index is 1070. The van der Waals surface area contributed by atoms with Crippen LogP contribution >= 0.6 is 0 Å². The molecule has 5 N–H and O–H groups in total. The molecule has 0 aliphatic heterocycles. The van der Waals surface area contributed by atoms with Crippen LogP contribution in [0, 0.1) is 11.3 Å². The predicted molar refractivity (Wildman–Crippen MR) is 106 cm³/mol. The second-order valence-electron chi connectivity index (χ2n) is 5.96. The molecule has 0 saturated carbocycles. The Morgan fingerprint density at radius 1 is 1.19 bits per heavy atom. The molecule has 6 heteroatoms. The van der Waals surface area contributed by atoms with E-state index in [9.17, 15) is 4.79 Å². The summed E-state index contributed by atoms with van der Waals surface area (Å²) in [4.78, 5) is 12.3. The molecule has 0 aliphatic rings. The van der Waals surface area contributed by atoms with Gasteiger partial charge >= 0.3 is 0 Å². The first-order valence-electron chi connectivity index (χ1n) is 8.34. The molecule has 1 heterocycles. The maximum absolute atomic E-state index is 12.3. The lowest BCUT2D eigenvalue weighted by Gasteiger charge is -2.05. The van der Waals surface area contributed by atoms with Gasteiger partial charge in [0.1, 0.15) is 0 Å². The van der Waals surface area contributed by atoms with E-state index < -0.39 is 5.91 Å². The summed E-state index contributed by atoms with van der Waals surface area (Å²) in [6, 6.07) is 17.3. The smallest absolute Gasteiger partial charge is 0.271 e. The fourth-order valence-corrected chi connectivity index (χ4v) is 2.79. The highest BCUT2D eigenvalue weighted by Gasteiger charge is 2.12. The fourth-order valence-electron chi connectivity index (χ4n) is 2.79. The first-order chi connectivity index (χ1) is 13.1. The number of benzene rings is 2. The van der Waals surface area contributed by atoms with Gasteiger partial charge in [0.2, 0.25) is 0 Å².